The van der Waals surface area contributed by atoms with Gasteiger partial charge in [0, 0.05) is 16.2 Å². The summed E-state index contributed by atoms with van der Waals surface area (Å²) in [6, 6.07) is 15.7. The Morgan fingerprint density at radius 3 is 2.53 bits per heavy atom. The summed E-state index contributed by atoms with van der Waals surface area (Å²) in [6.07, 6.45) is 0. The van der Waals surface area contributed by atoms with Crippen molar-refractivity contribution >= 4 is 33.2 Å². The van der Waals surface area contributed by atoms with E-state index in [0.29, 0.717) is 10.6 Å². The zero-order valence-electron chi connectivity index (χ0n) is 10.3. The Balaban J connectivity index is 2.17. The number of anilines is 1. The molecule has 0 radical (unpaired) electrons. The van der Waals surface area contributed by atoms with Crippen LogP contribution in [0.1, 0.15) is 24.1 Å². The maximum atomic E-state index is 8.96. The molecule has 0 fully saturated rings. The Kier molecular flexibility index (Phi) is 4.47. The molecular formula is C15H12BrClN2. The minimum Gasteiger partial charge on any atom is -0.378 e. The standard InChI is InChI=1S/C15H12BrClN2/c1-10(11-2-4-13(16)5-3-11)19-14-6-7-15(17)12(8-14)9-18/h2-8,10,19H,1H3. The Hall–Kier alpha value is -1.50. The zero-order valence-corrected chi connectivity index (χ0v) is 12.7. The first kappa shape index (κ1) is 13.9. The number of hydrogen-bond acceptors (Lipinski definition) is 2. The van der Waals surface area contributed by atoms with Crippen LogP contribution in [0.2, 0.25) is 5.02 Å². The van der Waals surface area contributed by atoms with E-state index >= 15 is 0 Å². The normalized spacial score (nSPS) is 11.7. The number of hydrogen-bond donors (Lipinski definition) is 1. The molecule has 2 nitrogen and oxygen atoms in total. The summed E-state index contributed by atoms with van der Waals surface area (Å²) in [4.78, 5) is 0. The SMILES string of the molecule is CC(Nc1ccc(Cl)c(C#N)c1)c1ccc(Br)cc1. The average Bonchev–Trinajstić information content (AvgIpc) is 2.41. The first-order chi connectivity index (χ1) is 9.10. The molecule has 2 aromatic rings. The highest BCUT2D eigenvalue weighted by molar-refractivity contribution is 9.10. The maximum Gasteiger partial charge on any atom is 0.101 e. The van der Waals surface area contributed by atoms with Crippen LogP contribution >= 0.6 is 27.5 Å². The lowest BCUT2D eigenvalue weighted by atomic mass is 10.1. The highest BCUT2D eigenvalue weighted by atomic mass is 79.9. The molecule has 0 aromatic heterocycles. The van der Waals surface area contributed by atoms with Gasteiger partial charge in [-0.3, -0.25) is 0 Å². The van der Waals surface area contributed by atoms with Crippen LogP contribution in [-0.4, -0.2) is 0 Å². The molecule has 0 heterocycles. The second kappa shape index (κ2) is 6.10. The molecule has 19 heavy (non-hydrogen) atoms. The van der Waals surface area contributed by atoms with E-state index < -0.39 is 0 Å². The third kappa shape index (κ3) is 3.50. The summed E-state index contributed by atoms with van der Waals surface area (Å²) in [5.41, 5.74) is 2.54. The molecule has 96 valence electrons. The summed E-state index contributed by atoms with van der Waals surface area (Å²) in [7, 11) is 0. The second-order valence-corrected chi connectivity index (χ2v) is 5.55. The van der Waals surface area contributed by atoms with Crippen LogP contribution in [0.4, 0.5) is 5.69 Å². The molecule has 0 aliphatic heterocycles. The number of halogens is 2. The molecule has 2 rings (SSSR count). The lowest BCUT2D eigenvalue weighted by molar-refractivity contribution is 0.884. The van der Waals surface area contributed by atoms with Gasteiger partial charge in [-0.15, -0.1) is 0 Å². The van der Waals surface area contributed by atoms with Crippen LogP contribution in [0.25, 0.3) is 0 Å². The summed E-state index contributed by atoms with van der Waals surface area (Å²) in [6.45, 7) is 2.07. The van der Waals surface area contributed by atoms with Gasteiger partial charge in [0.15, 0.2) is 0 Å². The van der Waals surface area contributed by atoms with E-state index in [0.717, 1.165) is 10.2 Å². The third-order valence-electron chi connectivity index (χ3n) is 2.84. The predicted molar refractivity (Wildman–Crippen MR) is 82.3 cm³/mol. The van der Waals surface area contributed by atoms with Crippen LogP contribution in [0, 0.1) is 11.3 Å². The summed E-state index contributed by atoms with van der Waals surface area (Å²) < 4.78 is 1.06. The molecule has 1 atom stereocenters. The van der Waals surface area contributed by atoms with E-state index in [4.69, 9.17) is 16.9 Å². The fraction of sp³-hybridized carbons (Fsp3) is 0.133. The second-order valence-electron chi connectivity index (χ2n) is 4.22. The van der Waals surface area contributed by atoms with Crippen molar-refractivity contribution < 1.29 is 0 Å². The zero-order chi connectivity index (χ0) is 13.8. The van der Waals surface area contributed by atoms with Crippen molar-refractivity contribution in [1.29, 1.82) is 5.26 Å². The van der Waals surface area contributed by atoms with Crippen molar-refractivity contribution in [2.24, 2.45) is 0 Å². The van der Waals surface area contributed by atoms with E-state index in [-0.39, 0.29) is 6.04 Å². The van der Waals surface area contributed by atoms with Crippen LogP contribution in [0.15, 0.2) is 46.9 Å². The largest absolute Gasteiger partial charge is 0.378 e. The van der Waals surface area contributed by atoms with Gasteiger partial charge in [0.2, 0.25) is 0 Å². The van der Waals surface area contributed by atoms with Gasteiger partial charge in [0.05, 0.1) is 10.6 Å². The monoisotopic (exact) mass is 334 g/mol. The summed E-state index contributed by atoms with van der Waals surface area (Å²) >= 11 is 9.33. The van der Waals surface area contributed by atoms with Gasteiger partial charge in [-0.1, -0.05) is 39.7 Å². The van der Waals surface area contributed by atoms with Crippen molar-refractivity contribution in [1.82, 2.24) is 0 Å². The third-order valence-corrected chi connectivity index (χ3v) is 3.70. The van der Waals surface area contributed by atoms with Gasteiger partial charge in [0.25, 0.3) is 0 Å². The first-order valence-electron chi connectivity index (χ1n) is 5.82. The van der Waals surface area contributed by atoms with Crippen LogP contribution in [0.5, 0.6) is 0 Å². The van der Waals surface area contributed by atoms with Crippen molar-refractivity contribution in [3.8, 4) is 6.07 Å². The van der Waals surface area contributed by atoms with Crippen molar-refractivity contribution in [3.05, 3.63) is 63.1 Å². The van der Waals surface area contributed by atoms with Gasteiger partial charge < -0.3 is 5.32 Å². The van der Waals surface area contributed by atoms with E-state index in [1.54, 1.807) is 12.1 Å². The lowest BCUT2D eigenvalue weighted by Gasteiger charge is -2.16. The molecule has 1 N–H and O–H groups in total. The van der Waals surface area contributed by atoms with Crippen molar-refractivity contribution in [2.75, 3.05) is 5.32 Å². The fourth-order valence-corrected chi connectivity index (χ4v) is 2.21. The van der Waals surface area contributed by atoms with Crippen LogP contribution in [0.3, 0.4) is 0 Å². The van der Waals surface area contributed by atoms with Crippen LogP contribution < -0.4 is 5.32 Å². The molecule has 0 saturated carbocycles. The molecule has 1 unspecified atom stereocenters. The van der Waals surface area contributed by atoms with Crippen molar-refractivity contribution in [2.45, 2.75) is 13.0 Å². The number of rotatable bonds is 3. The Morgan fingerprint density at radius 2 is 1.89 bits per heavy atom. The van der Waals surface area contributed by atoms with Gasteiger partial charge in [0.1, 0.15) is 6.07 Å². The highest BCUT2D eigenvalue weighted by Crippen LogP contribution is 2.24. The minimum atomic E-state index is 0.154. The van der Waals surface area contributed by atoms with E-state index in [1.807, 2.05) is 18.2 Å². The topological polar surface area (TPSA) is 35.8 Å². The highest BCUT2D eigenvalue weighted by Gasteiger charge is 2.07. The Labute approximate surface area is 126 Å². The van der Waals surface area contributed by atoms with Gasteiger partial charge >= 0.3 is 0 Å². The molecule has 2 aromatic carbocycles. The molecule has 0 amide bonds. The van der Waals surface area contributed by atoms with E-state index in [1.165, 1.54) is 5.56 Å². The average molecular weight is 336 g/mol. The van der Waals surface area contributed by atoms with Crippen molar-refractivity contribution in [3.63, 3.8) is 0 Å². The predicted octanol–water partition coefficient (Wildman–Crippen LogP) is 5.15. The number of nitrogens with one attached hydrogen (secondary N) is 1. The number of nitrogens with zero attached hydrogens (tertiary/aromatic N) is 1. The number of benzene rings is 2. The smallest absolute Gasteiger partial charge is 0.101 e. The first-order valence-corrected chi connectivity index (χ1v) is 6.99. The van der Waals surface area contributed by atoms with Crippen LogP contribution in [-0.2, 0) is 0 Å². The summed E-state index contributed by atoms with van der Waals surface area (Å²) in [5.74, 6) is 0. The van der Waals surface area contributed by atoms with Gasteiger partial charge in [-0.05, 0) is 42.8 Å². The fourth-order valence-electron chi connectivity index (χ4n) is 1.79. The Morgan fingerprint density at radius 1 is 1.21 bits per heavy atom. The molecule has 0 aliphatic rings. The minimum absolute atomic E-state index is 0.154. The molecule has 0 aliphatic carbocycles. The molecule has 0 spiro atoms. The quantitative estimate of drug-likeness (QED) is 0.842. The molecule has 0 bridgehead atoms. The van der Waals surface area contributed by atoms with E-state index in [2.05, 4.69) is 46.4 Å². The van der Waals surface area contributed by atoms with Gasteiger partial charge in [-0.2, -0.15) is 5.26 Å². The lowest BCUT2D eigenvalue weighted by Crippen LogP contribution is -2.06. The van der Waals surface area contributed by atoms with Gasteiger partial charge in [-0.25, -0.2) is 0 Å². The molecular weight excluding hydrogens is 324 g/mol. The molecule has 4 heteroatoms. The number of nitriles is 1. The Bertz CT molecular complexity index is 617. The summed E-state index contributed by atoms with van der Waals surface area (Å²) in [5, 5.41) is 12.8. The van der Waals surface area contributed by atoms with E-state index in [9.17, 15) is 0 Å². The maximum absolute atomic E-state index is 8.96. The molecule has 0 saturated heterocycles.